The number of fused-ring (bicyclic) bond motifs is 3. The summed E-state index contributed by atoms with van der Waals surface area (Å²) >= 11 is 0. The first-order chi connectivity index (χ1) is 9.68. The first-order valence-corrected chi connectivity index (χ1v) is 7.73. The molecule has 110 valence electrons. The van der Waals surface area contributed by atoms with Crippen LogP contribution < -0.4 is 0 Å². The normalized spacial score (nSPS) is 13.2. The highest BCUT2D eigenvalue weighted by Crippen LogP contribution is 2.38. The van der Waals surface area contributed by atoms with Crippen LogP contribution in [0.25, 0.3) is 21.8 Å². The van der Waals surface area contributed by atoms with Crippen molar-refractivity contribution in [2.45, 2.75) is 52.4 Å². The zero-order chi connectivity index (χ0) is 15.4. The van der Waals surface area contributed by atoms with E-state index in [1.165, 1.54) is 32.9 Å². The molecule has 0 aliphatic heterocycles. The van der Waals surface area contributed by atoms with Crippen molar-refractivity contribution < 1.29 is 0 Å². The Bertz CT molecular complexity index is 807. The molecule has 1 nitrogen and oxygen atoms in total. The number of benzene rings is 2. The minimum Gasteiger partial charge on any atom is -0.354 e. The molecule has 1 heteroatoms. The molecular weight excluding hydrogens is 254 g/mol. The summed E-state index contributed by atoms with van der Waals surface area (Å²) in [6.45, 7) is 13.7. The molecule has 3 rings (SSSR count). The molecule has 1 aromatic heterocycles. The minimum atomic E-state index is 0.129. The topological polar surface area (TPSA) is 15.8 Å². The molecule has 0 aliphatic carbocycles. The van der Waals surface area contributed by atoms with Crippen molar-refractivity contribution >= 4 is 21.8 Å². The lowest BCUT2D eigenvalue weighted by molar-refractivity contribution is 0.573. The van der Waals surface area contributed by atoms with Gasteiger partial charge in [-0.3, -0.25) is 0 Å². The second-order valence-corrected chi connectivity index (χ2v) is 8.12. The molecule has 2 aromatic carbocycles. The number of nitrogens with one attached hydrogen (secondary N) is 1. The molecule has 1 N–H and O–H groups in total. The molecule has 0 radical (unpaired) electrons. The zero-order valence-electron chi connectivity index (χ0n) is 14.0. The number of hydrogen-bond donors (Lipinski definition) is 1. The van der Waals surface area contributed by atoms with E-state index in [0.717, 1.165) is 0 Å². The highest BCUT2D eigenvalue weighted by atomic mass is 14.7. The summed E-state index contributed by atoms with van der Waals surface area (Å²) < 4.78 is 0. The smallest absolute Gasteiger partial charge is 0.0470 e. The molecule has 0 fully saturated rings. The second-order valence-electron chi connectivity index (χ2n) is 8.12. The minimum absolute atomic E-state index is 0.129. The summed E-state index contributed by atoms with van der Waals surface area (Å²) in [6.07, 6.45) is 0. The van der Waals surface area contributed by atoms with Gasteiger partial charge in [-0.2, -0.15) is 0 Å². The number of rotatable bonds is 0. The highest BCUT2D eigenvalue weighted by molar-refractivity contribution is 6.09. The van der Waals surface area contributed by atoms with Crippen molar-refractivity contribution in [2.24, 2.45) is 0 Å². The van der Waals surface area contributed by atoms with Crippen LogP contribution in [0.15, 0.2) is 36.4 Å². The van der Waals surface area contributed by atoms with Gasteiger partial charge in [0.2, 0.25) is 0 Å². The van der Waals surface area contributed by atoms with Crippen LogP contribution >= 0.6 is 0 Å². The molecule has 0 spiro atoms. The number of hydrogen-bond acceptors (Lipinski definition) is 0. The van der Waals surface area contributed by atoms with Gasteiger partial charge in [0.25, 0.3) is 0 Å². The molecule has 0 aliphatic rings. The van der Waals surface area contributed by atoms with Gasteiger partial charge in [-0.15, -0.1) is 0 Å². The number of H-pyrrole nitrogens is 1. The van der Waals surface area contributed by atoms with Gasteiger partial charge in [-0.1, -0.05) is 65.8 Å². The Morgan fingerprint density at radius 3 is 2.05 bits per heavy atom. The Hall–Kier alpha value is -1.76. The summed E-state index contributed by atoms with van der Waals surface area (Å²) in [7, 11) is 0. The van der Waals surface area contributed by atoms with E-state index in [1.807, 2.05) is 0 Å². The lowest BCUT2D eigenvalue weighted by Gasteiger charge is -2.26. The van der Waals surface area contributed by atoms with Gasteiger partial charge in [0, 0.05) is 21.8 Å². The van der Waals surface area contributed by atoms with E-state index >= 15 is 0 Å². The summed E-state index contributed by atoms with van der Waals surface area (Å²) in [5.74, 6) is 0. The van der Waals surface area contributed by atoms with Gasteiger partial charge >= 0.3 is 0 Å². The molecule has 3 aromatic rings. The summed E-state index contributed by atoms with van der Waals surface area (Å²) in [4.78, 5) is 3.60. The van der Waals surface area contributed by atoms with Crippen molar-refractivity contribution in [1.29, 1.82) is 0 Å². The molecule has 1 heterocycles. The van der Waals surface area contributed by atoms with Crippen molar-refractivity contribution in [3.05, 3.63) is 47.5 Å². The molecule has 0 saturated heterocycles. The van der Waals surface area contributed by atoms with Crippen LogP contribution in [-0.2, 0) is 10.8 Å². The largest absolute Gasteiger partial charge is 0.354 e. The van der Waals surface area contributed by atoms with Gasteiger partial charge < -0.3 is 4.98 Å². The van der Waals surface area contributed by atoms with Gasteiger partial charge in [-0.05, 0) is 34.1 Å². The molecule has 0 unspecified atom stereocenters. The van der Waals surface area contributed by atoms with Crippen LogP contribution in [0.4, 0.5) is 0 Å². The Kier molecular flexibility index (Phi) is 2.95. The number of para-hydroxylation sites is 1. The first-order valence-electron chi connectivity index (χ1n) is 7.73. The second kappa shape index (κ2) is 4.37. The average Bonchev–Trinajstić information content (AvgIpc) is 2.73. The molecule has 0 amide bonds. The molecular formula is C20H25N. The van der Waals surface area contributed by atoms with E-state index in [0.29, 0.717) is 0 Å². The Balaban J connectivity index is 2.48. The van der Waals surface area contributed by atoms with Crippen LogP contribution in [0.5, 0.6) is 0 Å². The van der Waals surface area contributed by atoms with Gasteiger partial charge in [0.05, 0.1) is 0 Å². The zero-order valence-corrected chi connectivity index (χ0v) is 14.0. The third-order valence-electron chi connectivity index (χ3n) is 4.28. The summed E-state index contributed by atoms with van der Waals surface area (Å²) in [5.41, 5.74) is 5.60. The van der Waals surface area contributed by atoms with E-state index in [-0.39, 0.29) is 10.8 Å². The lowest BCUT2D eigenvalue weighted by atomic mass is 9.79. The maximum atomic E-state index is 3.60. The maximum absolute atomic E-state index is 3.60. The predicted octanol–water partition coefficient (Wildman–Crippen LogP) is 5.92. The van der Waals surface area contributed by atoms with Crippen molar-refractivity contribution in [2.75, 3.05) is 0 Å². The highest BCUT2D eigenvalue weighted by Gasteiger charge is 2.23. The van der Waals surface area contributed by atoms with Crippen LogP contribution in [0.2, 0.25) is 0 Å². The molecule has 0 saturated carbocycles. The third kappa shape index (κ3) is 2.35. The average molecular weight is 279 g/mol. The van der Waals surface area contributed by atoms with E-state index in [1.54, 1.807) is 0 Å². The van der Waals surface area contributed by atoms with Crippen molar-refractivity contribution in [3.8, 4) is 0 Å². The predicted molar refractivity (Wildman–Crippen MR) is 93.2 cm³/mol. The quantitative estimate of drug-likeness (QED) is 0.526. The fourth-order valence-electron chi connectivity index (χ4n) is 3.01. The van der Waals surface area contributed by atoms with Crippen molar-refractivity contribution in [1.82, 2.24) is 4.98 Å². The third-order valence-corrected chi connectivity index (χ3v) is 4.28. The Morgan fingerprint density at radius 2 is 1.43 bits per heavy atom. The van der Waals surface area contributed by atoms with Crippen LogP contribution in [0.3, 0.4) is 0 Å². The monoisotopic (exact) mass is 279 g/mol. The number of aromatic nitrogens is 1. The van der Waals surface area contributed by atoms with Crippen LogP contribution in [0.1, 0.15) is 52.7 Å². The lowest BCUT2D eigenvalue weighted by Crippen LogP contribution is -2.16. The fourth-order valence-corrected chi connectivity index (χ4v) is 3.01. The Morgan fingerprint density at radius 1 is 0.762 bits per heavy atom. The fraction of sp³-hybridized carbons (Fsp3) is 0.400. The van der Waals surface area contributed by atoms with Gasteiger partial charge in [-0.25, -0.2) is 0 Å². The van der Waals surface area contributed by atoms with Gasteiger partial charge in [0.15, 0.2) is 0 Å². The molecule has 21 heavy (non-hydrogen) atoms. The van der Waals surface area contributed by atoms with E-state index in [9.17, 15) is 0 Å². The first kappa shape index (κ1) is 14.2. The molecule has 0 bridgehead atoms. The summed E-state index contributed by atoms with van der Waals surface area (Å²) in [6, 6.07) is 13.3. The van der Waals surface area contributed by atoms with Crippen LogP contribution in [-0.4, -0.2) is 4.98 Å². The Labute approximate surface area is 127 Å². The number of aromatic amines is 1. The van der Waals surface area contributed by atoms with E-state index in [4.69, 9.17) is 0 Å². The van der Waals surface area contributed by atoms with Gasteiger partial charge in [0.1, 0.15) is 0 Å². The SMILES string of the molecule is CC(C)(C)c1cc(C(C)(C)C)c2c(c1)[nH]c1ccccc12. The van der Waals surface area contributed by atoms with Crippen molar-refractivity contribution in [3.63, 3.8) is 0 Å². The summed E-state index contributed by atoms with van der Waals surface area (Å²) in [5, 5.41) is 2.71. The van der Waals surface area contributed by atoms with E-state index < -0.39 is 0 Å². The maximum Gasteiger partial charge on any atom is 0.0470 e. The molecule has 0 atom stereocenters. The van der Waals surface area contributed by atoms with Crippen LogP contribution in [0, 0.1) is 0 Å². The van der Waals surface area contributed by atoms with E-state index in [2.05, 4.69) is 82.9 Å². The standard InChI is InChI=1S/C20H25N/c1-19(2,3)13-11-15(20(4,5)6)18-14-9-7-8-10-16(14)21-17(18)12-13/h7-12,21H,1-6H3.